The van der Waals surface area contributed by atoms with Gasteiger partial charge < -0.3 is 9.64 Å². The molecule has 0 radical (unpaired) electrons. The van der Waals surface area contributed by atoms with E-state index >= 15 is 0 Å². The van der Waals surface area contributed by atoms with Gasteiger partial charge in [-0.3, -0.25) is 4.79 Å². The smallest absolute Gasteiger partial charge is 0.252 e. The van der Waals surface area contributed by atoms with Crippen LogP contribution in [0.25, 0.3) is 0 Å². The Hall–Kier alpha value is -1.90. The largest absolute Gasteiger partial charge is 0.497 e. The molecule has 2 heterocycles. The zero-order valence-electron chi connectivity index (χ0n) is 15.5. The van der Waals surface area contributed by atoms with Crippen molar-refractivity contribution in [3.63, 3.8) is 0 Å². The fourth-order valence-corrected chi connectivity index (χ4v) is 5.96. The third-order valence-electron chi connectivity index (χ3n) is 4.78. The maximum atomic E-state index is 12.9. The summed E-state index contributed by atoms with van der Waals surface area (Å²) in [5.74, 6) is 0.447. The summed E-state index contributed by atoms with van der Waals surface area (Å²) in [6, 6.07) is 10.9. The summed E-state index contributed by atoms with van der Waals surface area (Å²) < 4.78 is 32.4. The van der Waals surface area contributed by atoms with Crippen molar-refractivity contribution < 1.29 is 17.9 Å². The highest BCUT2D eigenvalue weighted by Gasteiger charge is 2.34. The average molecular weight is 409 g/mol. The Labute approximate surface area is 164 Å². The lowest BCUT2D eigenvalue weighted by Crippen LogP contribution is -2.45. The molecule has 27 heavy (non-hydrogen) atoms. The van der Waals surface area contributed by atoms with E-state index in [2.05, 4.69) is 0 Å². The van der Waals surface area contributed by atoms with E-state index in [0.29, 0.717) is 30.1 Å². The molecule has 0 N–H and O–H groups in total. The van der Waals surface area contributed by atoms with E-state index in [-0.39, 0.29) is 18.4 Å². The lowest BCUT2D eigenvalue weighted by molar-refractivity contribution is -0.135. The second kappa shape index (κ2) is 8.41. The molecule has 1 aromatic carbocycles. The normalized spacial score (nSPS) is 18.2. The van der Waals surface area contributed by atoms with Gasteiger partial charge in [0.2, 0.25) is 5.91 Å². The molecule has 1 unspecified atom stereocenters. The first-order valence-electron chi connectivity index (χ1n) is 8.83. The average Bonchev–Trinajstić information content (AvgIpc) is 3.24. The molecule has 1 atom stereocenters. The predicted molar refractivity (Wildman–Crippen MR) is 105 cm³/mol. The van der Waals surface area contributed by atoms with Crippen molar-refractivity contribution in [2.75, 3.05) is 27.2 Å². The van der Waals surface area contributed by atoms with Crippen molar-refractivity contribution in [3.05, 3.63) is 47.3 Å². The molecule has 0 spiro atoms. The van der Waals surface area contributed by atoms with Crippen molar-refractivity contribution in [1.82, 2.24) is 9.21 Å². The van der Waals surface area contributed by atoms with Gasteiger partial charge in [0.05, 0.1) is 13.0 Å². The molecule has 1 aliphatic rings. The minimum Gasteiger partial charge on any atom is -0.497 e. The molecule has 1 saturated heterocycles. The number of nitrogens with zero attached hydrogens (tertiary/aromatic N) is 2. The third-order valence-corrected chi connectivity index (χ3v) is 8.02. The van der Waals surface area contributed by atoms with Gasteiger partial charge in [-0.25, -0.2) is 8.42 Å². The standard InChI is InChI=1S/C19H24N2O4S2/c1-20(13-15-7-9-17(25-2)10-8-15)19(22)16-5-3-11-21(14-16)27(23,24)18-6-4-12-26-18/h4,6-10,12,16H,3,5,11,13-14H2,1-2H3. The van der Waals surface area contributed by atoms with E-state index in [1.54, 1.807) is 36.6 Å². The Morgan fingerprint density at radius 2 is 2.04 bits per heavy atom. The summed E-state index contributed by atoms with van der Waals surface area (Å²) in [5, 5.41) is 1.75. The Morgan fingerprint density at radius 3 is 2.67 bits per heavy atom. The van der Waals surface area contributed by atoms with E-state index in [0.717, 1.165) is 11.3 Å². The summed E-state index contributed by atoms with van der Waals surface area (Å²) in [6.45, 7) is 1.19. The number of carbonyl (C=O) groups excluding carboxylic acids is 1. The number of benzene rings is 1. The summed E-state index contributed by atoms with van der Waals surface area (Å²) in [5.41, 5.74) is 1.01. The van der Waals surface area contributed by atoms with Crippen LogP contribution in [-0.2, 0) is 21.4 Å². The monoisotopic (exact) mass is 408 g/mol. The van der Waals surface area contributed by atoms with Crippen molar-refractivity contribution >= 4 is 27.3 Å². The zero-order chi connectivity index (χ0) is 19.4. The van der Waals surface area contributed by atoms with E-state index < -0.39 is 10.0 Å². The summed E-state index contributed by atoms with van der Waals surface area (Å²) in [7, 11) is -0.132. The van der Waals surface area contributed by atoms with Crippen LogP contribution in [0.1, 0.15) is 18.4 Å². The molecule has 0 aliphatic carbocycles. The number of thiophene rings is 1. The number of ether oxygens (including phenoxy) is 1. The van der Waals surface area contributed by atoms with Crippen LogP contribution in [0.4, 0.5) is 0 Å². The molecule has 1 aromatic heterocycles. The molecule has 2 aromatic rings. The minimum atomic E-state index is -3.51. The fraction of sp³-hybridized carbons (Fsp3) is 0.421. The van der Waals surface area contributed by atoms with Gasteiger partial charge in [-0.05, 0) is 42.0 Å². The minimum absolute atomic E-state index is 0.0168. The second-order valence-corrected chi connectivity index (χ2v) is 9.79. The van der Waals surface area contributed by atoms with E-state index in [1.807, 2.05) is 24.3 Å². The molecule has 0 bridgehead atoms. The van der Waals surface area contributed by atoms with Gasteiger partial charge in [-0.2, -0.15) is 4.31 Å². The molecule has 146 valence electrons. The second-order valence-electron chi connectivity index (χ2n) is 6.68. The summed E-state index contributed by atoms with van der Waals surface area (Å²) in [4.78, 5) is 14.5. The van der Waals surface area contributed by atoms with E-state index in [4.69, 9.17) is 4.74 Å². The maximum absolute atomic E-state index is 12.9. The van der Waals surface area contributed by atoms with Crippen molar-refractivity contribution in [2.45, 2.75) is 23.6 Å². The van der Waals surface area contributed by atoms with Gasteiger partial charge in [-0.15, -0.1) is 11.3 Å². The molecule has 0 saturated carbocycles. The van der Waals surface area contributed by atoms with E-state index in [9.17, 15) is 13.2 Å². The SMILES string of the molecule is COc1ccc(CN(C)C(=O)C2CCCN(S(=O)(=O)c3cccs3)C2)cc1. The number of rotatable bonds is 6. The van der Waals surface area contributed by atoms with Crippen molar-refractivity contribution in [1.29, 1.82) is 0 Å². The molecular formula is C19H24N2O4S2. The molecule has 3 rings (SSSR count). The number of hydrogen-bond donors (Lipinski definition) is 0. The summed E-state index contributed by atoms with van der Waals surface area (Å²) >= 11 is 1.21. The Balaban J connectivity index is 1.65. The van der Waals surface area contributed by atoms with Gasteiger partial charge >= 0.3 is 0 Å². The Morgan fingerprint density at radius 1 is 1.30 bits per heavy atom. The van der Waals surface area contributed by atoms with Gasteiger partial charge in [0.15, 0.2) is 0 Å². The summed E-state index contributed by atoms with van der Waals surface area (Å²) in [6.07, 6.45) is 1.40. The first kappa shape index (κ1) is 19.9. The number of hydrogen-bond acceptors (Lipinski definition) is 5. The first-order chi connectivity index (χ1) is 12.9. The molecular weight excluding hydrogens is 384 g/mol. The van der Waals surface area contributed by atoms with Crippen molar-refractivity contribution in [2.24, 2.45) is 5.92 Å². The van der Waals surface area contributed by atoms with Gasteiger partial charge in [0, 0.05) is 26.7 Å². The van der Waals surface area contributed by atoms with E-state index in [1.165, 1.54) is 15.6 Å². The molecule has 8 heteroatoms. The Bertz CT molecular complexity index is 864. The highest BCUT2D eigenvalue weighted by Crippen LogP contribution is 2.27. The number of sulfonamides is 1. The highest BCUT2D eigenvalue weighted by atomic mass is 32.2. The fourth-order valence-electron chi connectivity index (χ4n) is 3.29. The van der Waals surface area contributed by atoms with Crippen LogP contribution >= 0.6 is 11.3 Å². The quantitative estimate of drug-likeness (QED) is 0.737. The number of carbonyl (C=O) groups is 1. The number of methoxy groups -OCH3 is 1. The number of piperidine rings is 1. The van der Waals surface area contributed by atoms with Crippen LogP contribution in [0.15, 0.2) is 46.0 Å². The lowest BCUT2D eigenvalue weighted by atomic mass is 9.98. The predicted octanol–water partition coefficient (Wildman–Crippen LogP) is 2.82. The molecule has 6 nitrogen and oxygen atoms in total. The molecule has 1 amide bonds. The maximum Gasteiger partial charge on any atom is 0.252 e. The first-order valence-corrected chi connectivity index (χ1v) is 11.2. The van der Waals surface area contributed by atoms with Crippen LogP contribution in [0.3, 0.4) is 0 Å². The zero-order valence-corrected chi connectivity index (χ0v) is 17.1. The topological polar surface area (TPSA) is 66.9 Å². The highest BCUT2D eigenvalue weighted by molar-refractivity contribution is 7.91. The molecule has 1 aliphatic heterocycles. The van der Waals surface area contributed by atoms with Crippen LogP contribution in [0.2, 0.25) is 0 Å². The van der Waals surface area contributed by atoms with Gasteiger partial charge in [-0.1, -0.05) is 18.2 Å². The van der Waals surface area contributed by atoms with Crippen LogP contribution in [0, 0.1) is 5.92 Å². The van der Waals surface area contributed by atoms with Crippen LogP contribution in [-0.4, -0.2) is 50.8 Å². The van der Waals surface area contributed by atoms with Crippen LogP contribution < -0.4 is 4.74 Å². The van der Waals surface area contributed by atoms with Gasteiger partial charge in [0.25, 0.3) is 10.0 Å². The van der Waals surface area contributed by atoms with Crippen molar-refractivity contribution in [3.8, 4) is 5.75 Å². The lowest BCUT2D eigenvalue weighted by Gasteiger charge is -2.33. The van der Waals surface area contributed by atoms with Crippen LogP contribution in [0.5, 0.6) is 5.75 Å². The molecule has 1 fully saturated rings. The third kappa shape index (κ3) is 4.51. The number of amides is 1. The van der Waals surface area contributed by atoms with Gasteiger partial charge in [0.1, 0.15) is 9.96 Å². The Kier molecular flexibility index (Phi) is 6.18.